The van der Waals surface area contributed by atoms with Gasteiger partial charge in [-0.25, -0.2) is 0 Å². The van der Waals surface area contributed by atoms with Crippen LogP contribution in [0.5, 0.6) is 0 Å². The summed E-state index contributed by atoms with van der Waals surface area (Å²) in [6.45, 7) is 6.54. The zero-order chi connectivity index (χ0) is 54.3. The van der Waals surface area contributed by atoms with E-state index in [1.807, 2.05) is 0 Å². The zero-order valence-corrected chi connectivity index (χ0v) is 49.6. The molecule has 0 rings (SSSR count). The Morgan fingerprint density at radius 3 is 0.827 bits per heavy atom. The molecule has 0 aliphatic carbocycles. The average Bonchev–Trinajstić information content (AvgIpc) is 3.41. The molecule has 0 fully saturated rings. The van der Waals surface area contributed by atoms with Gasteiger partial charge in [-0.2, -0.15) is 0 Å². The number of hydrogen-bond acceptors (Lipinski definition) is 6. The Kier molecular flexibility index (Phi) is 60.3. The van der Waals surface area contributed by atoms with Gasteiger partial charge in [0.15, 0.2) is 6.10 Å². The van der Waals surface area contributed by atoms with Crippen LogP contribution in [0.4, 0.5) is 0 Å². The standard InChI is InChI=1S/C69H120O6/c1-4-7-10-13-16-19-22-25-27-29-31-32-33-34-35-36-38-39-41-44-47-50-53-56-59-62-68(71)74-65-66(64-73-67(70)61-58-55-52-49-46-43-24-21-18-15-12-9-6-3)75-69(72)63-60-57-54-51-48-45-42-40-37-30-28-26-23-20-17-14-11-8-5-2/h7,10,16,19,25-28,31-32,34-35,38-39,66H,4-6,8-9,11-15,17-18,20-24,29-30,33,36-37,40-65H2,1-3H3/b10-7-,19-16-,27-25-,28-26-,32-31-,35-34-,39-38-. The first kappa shape index (κ1) is 71.6. The van der Waals surface area contributed by atoms with Crippen LogP contribution in [0, 0.1) is 0 Å². The highest BCUT2D eigenvalue weighted by Crippen LogP contribution is 2.16. The summed E-state index contributed by atoms with van der Waals surface area (Å²) in [6.07, 6.45) is 82.9. The van der Waals surface area contributed by atoms with Crippen molar-refractivity contribution in [3.05, 3.63) is 85.1 Å². The quantitative estimate of drug-likeness (QED) is 0.0261. The highest BCUT2D eigenvalue weighted by atomic mass is 16.6. The summed E-state index contributed by atoms with van der Waals surface area (Å²) in [6, 6.07) is 0. The zero-order valence-electron chi connectivity index (χ0n) is 49.6. The minimum absolute atomic E-state index is 0.0790. The number of ether oxygens (including phenoxy) is 3. The van der Waals surface area contributed by atoms with E-state index in [1.54, 1.807) is 0 Å². The summed E-state index contributed by atoms with van der Waals surface area (Å²) in [4.78, 5) is 38.3. The molecule has 432 valence electrons. The molecule has 0 aromatic heterocycles. The summed E-state index contributed by atoms with van der Waals surface area (Å²) >= 11 is 0. The fraction of sp³-hybridized carbons (Fsp3) is 0.754. The van der Waals surface area contributed by atoms with Gasteiger partial charge in [0, 0.05) is 19.3 Å². The van der Waals surface area contributed by atoms with Gasteiger partial charge in [0.25, 0.3) is 0 Å². The molecule has 0 spiro atoms. The van der Waals surface area contributed by atoms with E-state index in [0.717, 1.165) is 109 Å². The molecular formula is C69H120O6. The number of hydrogen-bond donors (Lipinski definition) is 0. The predicted octanol–water partition coefficient (Wildman–Crippen LogP) is 21.9. The summed E-state index contributed by atoms with van der Waals surface area (Å²) in [7, 11) is 0. The van der Waals surface area contributed by atoms with E-state index >= 15 is 0 Å². The fourth-order valence-corrected chi connectivity index (χ4v) is 9.09. The lowest BCUT2D eigenvalue weighted by Gasteiger charge is -2.18. The lowest BCUT2D eigenvalue weighted by atomic mass is 10.0. The van der Waals surface area contributed by atoms with E-state index in [4.69, 9.17) is 14.2 Å². The molecule has 0 radical (unpaired) electrons. The molecule has 0 saturated carbocycles. The van der Waals surface area contributed by atoms with Crippen LogP contribution in [-0.2, 0) is 28.6 Å². The van der Waals surface area contributed by atoms with E-state index in [2.05, 4.69) is 106 Å². The number of allylic oxidation sites excluding steroid dienone is 14. The fourth-order valence-electron chi connectivity index (χ4n) is 9.09. The maximum absolute atomic E-state index is 12.9. The second-order valence-corrected chi connectivity index (χ2v) is 21.3. The molecule has 0 N–H and O–H groups in total. The Morgan fingerprint density at radius 2 is 0.520 bits per heavy atom. The largest absolute Gasteiger partial charge is 0.462 e. The van der Waals surface area contributed by atoms with E-state index in [0.29, 0.717) is 19.3 Å². The topological polar surface area (TPSA) is 78.9 Å². The number of carbonyl (C=O) groups is 3. The molecule has 0 bridgehead atoms. The lowest BCUT2D eigenvalue weighted by molar-refractivity contribution is -0.167. The van der Waals surface area contributed by atoms with Gasteiger partial charge in [-0.05, 0) is 96.3 Å². The summed E-state index contributed by atoms with van der Waals surface area (Å²) in [5.41, 5.74) is 0. The van der Waals surface area contributed by atoms with Gasteiger partial charge in [0.2, 0.25) is 0 Å². The van der Waals surface area contributed by atoms with Crippen molar-refractivity contribution in [1.29, 1.82) is 0 Å². The van der Waals surface area contributed by atoms with Gasteiger partial charge < -0.3 is 14.2 Å². The average molecular weight is 1050 g/mol. The third kappa shape index (κ3) is 61.3. The van der Waals surface area contributed by atoms with Crippen LogP contribution >= 0.6 is 0 Å². The first-order chi connectivity index (χ1) is 37.0. The first-order valence-electron chi connectivity index (χ1n) is 32.1. The van der Waals surface area contributed by atoms with Crippen LogP contribution in [-0.4, -0.2) is 37.2 Å². The Balaban J connectivity index is 4.35. The van der Waals surface area contributed by atoms with Crippen LogP contribution in [0.2, 0.25) is 0 Å². The molecule has 0 aliphatic heterocycles. The molecule has 75 heavy (non-hydrogen) atoms. The maximum Gasteiger partial charge on any atom is 0.306 e. The Labute approximate surface area is 465 Å². The van der Waals surface area contributed by atoms with Gasteiger partial charge >= 0.3 is 17.9 Å². The highest BCUT2D eigenvalue weighted by Gasteiger charge is 2.19. The van der Waals surface area contributed by atoms with Gasteiger partial charge in [0.05, 0.1) is 0 Å². The van der Waals surface area contributed by atoms with Crippen molar-refractivity contribution in [2.75, 3.05) is 13.2 Å². The van der Waals surface area contributed by atoms with Crippen molar-refractivity contribution < 1.29 is 28.6 Å². The third-order valence-corrected chi connectivity index (χ3v) is 13.9. The number of unbranched alkanes of at least 4 members (excludes halogenated alkanes) is 33. The van der Waals surface area contributed by atoms with Gasteiger partial charge in [-0.15, -0.1) is 0 Å². The Bertz CT molecular complexity index is 1430. The minimum Gasteiger partial charge on any atom is -0.462 e. The van der Waals surface area contributed by atoms with Gasteiger partial charge in [-0.1, -0.05) is 286 Å². The molecule has 0 amide bonds. The highest BCUT2D eigenvalue weighted by molar-refractivity contribution is 5.71. The molecule has 0 heterocycles. The normalized spacial score (nSPS) is 12.6. The lowest BCUT2D eigenvalue weighted by Crippen LogP contribution is -2.30. The number of esters is 3. The van der Waals surface area contributed by atoms with Crippen molar-refractivity contribution in [2.24, 2.45) is 0 Å². The monoisotopic (exact) mass is 1040 g/mol. The van der Waals surface area contributed by atoms with Crippen LogP contribution in [0.15, 0.2) is 85.1 Å². The second-order valence-electron chi connectivity index (χ2n) is 21.3. The van der Waals surface area contributed by atoms with Crippen molar-refractivity contribution in [1.82, 2.24) is 0 Å². The Morgan fingerprint density at radius 1 is 0.280 bits per heavy atom. The van der Waals surface area contributed by atoms with Gasteiger partial charge in [-0.3, -0.25) is 14.4 Å². The summed E-state index contributed by atoms with van der Waals surface area (Å²) in [5, 5.41) is 0. The SMILES string of the molecule is CC/C=C\C/C=C\C/C=C\C/C=C\C/C=C\C/C=C\CCCCCCCCC(=O)OCC(COC(=O)CCCCCCCCCCCCCCC)OC(=O)CCCCCCCCCCC/C=C\CCCCCCCC. The molecule has 6 heteroatoms. The van der Waals surface area contributed by atoms with Crippen LogP contribution in [0.3, 0.4) is 0 Å². The molecule has 0 aromatic rings. The molecule has 0 aliphatic rings. The van der Waals surface area contributed by atoms with E-state index < -0.39 is 6.10 Å². The van der Waals surface area contributed by atoms with E-state index in [9.17, 15) is 14.4 Å². The molecule has 1 atom stereocenters. The van der Waals surface area contributed by atoms with Crippen LogP contribution < -0.4 is 0 Å². The smallest absolute Gasteiger partial charge is 0.306 e. The third-order valence-electron chi connectivity index (χ3n) is 13.9. The second kappa shape index (κ2) is 63.1. The van der Waals surface area contributed by atoms with Crippen molar-refractivity contribution >= 4 is 17.9 Å². The number of carbonyl (C=O) groups excluding carboxylic acids is 3. The van der Waals surface area contributed by atoms with Crippen molar-refractivity contribution in [3.63, 3.8) is 0 Å². The van der Waals surface area contributed by atoms with E-state index in [-0.39, 0.29) is 31.1 Å². The minimum atomic E-state index is -0.783. The van der Waals surface area contributed by atoms with Crippen LogP contribution in [0.25, 0.3) is 0 Å². The van der Waals surface area contributed by atoms with Crippen LogP contribution in [0.1, 0.15) is 316 Å². The number of rotatable bonds is 58. The predicted molar refractivity (Wildman–Crippen MR) is 325 cm³/mol. The molecule has 0 aromatic carbocycles. The molecular weight excluding hydrogens is 925 g/mol. The molecule has 0 saturated heterocycles. The summed E-state index contributed by atoms with van der Waals surface area (Å²) < 4.78 is 16.9. The maximum atomic E-state index is 12.9. The van der Waals surface area contributed by atoms with Crippen molar-refractivity contribution in [2.45, 2.75) is 322 Å². The Hall–Kier alpha value is -3.41. The molecule has 1 unspecified atom stereocenters. The molecule has 6 nitrogen and oxygen atoms in total. The first-order valence-corrected chi connectivity index (χ1v) is 32.1. The summed E-state index contributed by atoms with van der Waals surface area (Å²) in [5.74, 6) is -0.883. The van der Waals surface area contributed by atoms with Gasteiger partial charge in [0.1, 0.15) is 13.2 Å². The van der Waals surface area contributed by atoms with E-state index in [1.165, 1.54) is 167 Å². The van der Waals surface area contributed by atoms with Crippen molar-refractivity contribution in [3.8, 4) is 0 Å².